The topological polar surface area (TPSA) is 75.5 Å². The molecule has 0 bridgehead atoms. The second-order valence-corrected chi connectivity index (χ2v) is 8.00. The fourth-order valence-corrected chi connectivity index (χ4v) is 3.96. The van der Waals surface area contributed by atoms with Crippen LogP contribution < -0.4 is 10.1 Å². The Labute approximate surface area is 171 Å². The Morgan fingerprint density at radius 2 is 2.17 bits per heavy atom. The minimum absolute atomic E-state index is 0.0438. The lowest BCUT2D eigenvalue weighted by molar-refractivity contribution is 0.0758. The number of aromatic nitrogens is 3. The van der Waals surface area contributed by atoms with Gasteiger partial charge in [0.15, 0.2) is 0 Å². The molecule has 0 radical (unpaired) electrons. The molecule has 1 saturated heterocycles. The molecule has 2 aromatic rings. The molecule has 1 fully saturated rings. The van der Waals surface area contributed by atoms with Crippen LogP contribution in [0.3, 0.4) is 0 Å². The highest BCUT2D eigenvalue weighted by molar-refractivity contribution is 5.94. The molecular formula is C21H30N6O2. The van der Waals surface area contributed by atoms with Crippen LogP contribution in [-0.4, -0.2) is 77.4 Å². The van der Waals surface area contributed by atoms with E-state index in [0.717, 1.165) is 49.9 Å². The summed E-state index contributed by atoms with van der Waals surface area (Å²) in [6.45, 7) is 4.52. The van der Waals surface area contributed by atoms with E-state index in [4.69, 9.17) is 4.74 Å². The number of hydrogen-bond acceptors (Lipinski definition) is 6. The van der Waals surface area contributed by atoms with Gasteiger partial charge in [0, 0.05) is 38.2 Å². The first-order valence-corrected chi connectivity index (χ1v) is 10.4. The van der Waals surface area contributed by atoms with E-state index in [1.807, 2.05) is 43.3 Å². The van der Waals surface area contributed by atoms with Crippen LogP contribution in [0.2, 0.25) is 0 Å². The molecule has 0 saturated carbocycles. The van der Waals surface area contributed by atoms with Gasteiger partial charge < -0.3 is 24.4 Å². The van der Waals surface area contributed by atoms with E-state index in [2.05, 4.69) is 25.0 Å². The van der Waals surface area contributed by atoms with Crippen molar-refractivity contribution in [1.82, 2.24) is 29.9 Å². The van der Waals surface area contributed by atoms with Gasteiger partial charge in [-0.1, -0.05) is 6.07 Å². The van der Waals surface area contributed by atoms with E-state index in [1.54, 1.807) is 0 Å². The molecule has 1 unspecified atom stereocenters. The zero-order valence-electron chi connectivity index (χ0n) is 17.3. The molecule has 0 aliphatic carbocycles. The van der Waals surface area contributed by atoms with E-state index in [1.165, 1.54) is 6.42 Å². The summed E-state index contributed by atoms with van der Waals surface area (Å²) in [5.74, 6) is 2.77. The molecule has 2 aliphatic heterocycles. The lowest BCUT2D eigenvalue weighted by Gasteiger charge is -2.21. The Hall–Kier alpha value is -2.45. The maximum absolute atomic E-state index is 13.1. The fraction of sp³-hybridized carbons (Fsp3) is 0.571. The molecule has 8 nitrogen and oxygen atoms in total. The zero-order chi connectivity index (χ0) is 20.2. The summed E-state index contributed by atoms with van der Waals surface area (Å²) in [6, 6.07) is 7.78. The second kappa shape index (κ2) is 8.92. The van der Waals surface area contributed by atoms with Gasteiger partial charge in [0.2, 0.25) is 0 Å². The van der Waals surface area contributed by atoms with Crippen LogP contribution in [-0.2, 0) is 13.0 Å². The number of carbonyl (C=O) groups excluding carboxylic acids is 1. The minimum Gasteiger partial charge on any atom is -0.492 e. The molecular weight excluding hydrogens is 368 g/mol. The molecule has 1 aromatic carbocycles. The van der Waals surface area contributed by atoms with Crippen molar-refractivity contribution in [3.05, 3.63) is 41.5 Å². The number of hydrogen-bond donors (Lipinski definition) is 1. The van der Waals surface area contributed by atoms with Gasteiger partial charge in [0.05, 0.1) is 6.04 Å². The lowest BCUT2D eigenvalue weighted by Crippen LogP contribution is -2.34. The number of ether oxygens (including phenoxy) is 1. The molecule has 156 valence electrons. The van der Waals surface area contributed by atoms with Crippen LogP contribution in [0.4, 0.5) is 0 Å². The number of nitrogens with one attached hydrogen (secondary N) is 1. The quantitative estimate of drug-likeness (QED) is 0.792. The highest BCUT2D eigenvalue weighted by Gasteiger charge is 2.27. The number of carbonyl (C=O) groups is 1. The van der Waals surface area contributed by atoms with Crippen LogP contribution >= 0.6 is 0 Å². The van der Waals surface area contributed by atoms with E-state index in [0.29, 0.717) is 25.3 Å². The zero-order valence-corrected chi connectivity index (χ0v) is 17.3. The lowest BCUT2D eigenvalue weighted by atomic mass is 10.2. The van der Waals surface area contributed by atoms with Gasteiger partial charge in [-0.3, -0.25) is 4.79 Å². The Bertz CT molecular complexity index is 843. The third-order valence-corrected chi connectivity index (χ3v) is 5.60. The smallest absolute Gasteiger partial charge is 0.254 e. The maximum atomic E-state index is 13.1. The summed E-state index contributed by atoms with van der Waals surface area (Å²) >= 11 is 0. The van der Waals surface area contributed by atoms with E-state index >= 15 is 0 Å². The molecule has 3 heterocycles. The summed E-state index contributed by atoms with van der Waals surface area (Å²) in [6.07, 6.45) is 3.00. The number of likely N-dealkylation sites (N-methyl/N-ethyl adjacent to an activating group) is 1. The summed E-state index contributed by atoms with van der Waals surface area (Å²) in [5, 5.41) is 12.3. The van der Waals surface area contributed by atoms with E-state index < -0.39 is 0 Å². The van der Waals surface area contributed by atoms with Crippen molar-refractivity contribution < 1.29 is 9.53 Å². The SMILES string of the molecule is CN(C)CCOc1cccc(C(=O)N2CCc3nnc(C4CCCN4)n3CC2)c1. The summed E-state index contributed by atoms with van der Waals surface area (Å²) < 4.78 is 7.99. The predicted molar refractivity (Wildman–Crippen MR) is 110 cm³/mol. The standard InChI is InChI=1S/C21H30N6O2/c1-25(2)13-14-29-17-6-3-5-16(15-17)21(28)26-10-8-19-23-24-20(27(19)12-11-26)18-7-4-9-22-18/h3,5-6,15,18,22H,4,7-14H2,1-2H3. The Kier molecular flexibility index (Phi) is 6.10. The van der Waals surface area contributed by atoms with Crippen molar-refractivity contribution in [1.29, 1.82) is 0 Å². The number of nitrogens with zero attached hydrogens (tertiary/aromatic N) is 5. The van der Waals surface area contributed by atoms with Crippen molar-refractivity contribution in [2.75, 3.05) is 46.9 Å². The average Bonchev–Trinajstić information content (AvgIpc) is 3.33. The largest absolute Gasteiger partial charge is 0.492 e. The minimum atomic E-state index is 0.0438. The molecule has 2 aliphatic rings. The van der Waals surface area contributed by atoms with Crippen molar-refractivity contribution in [3.8, 4) is 5.75 Å². The molecule has 1 aromatic heterocycles. The monoisotopic (exact) mass is 398 g/mol. The van der Waals surface area contributed by atoms with Crippen molar-refractivity contribution in [2.24, 2.45) is 0 Å². The number of fused-ring (bicyclic) bond motifs is 1. The second-order valence-electron chi connectivity index (χ2n) is 8.00. The van der Waals surface area contributed by atoms with E-state index in [-0.39, 0.29) is 11.9 Å². The molecule has 1 atom stereocenters. The summed E-state index contributed by atoms with van der Waals surface area (Å²) in [4.78, 5) is 17.1. The number of amides is 1. The summed E-state index contributed by atoms with van der Waals surface area (Å²) in [7, 11) is 4.02. The van der Waals surface area contributed by atoms with Gasteiger partial charge in [-0.25, -0.2) is 0 Å². The first-order chi connectivity index (χ1) is 14.1. The van der Waals surface area contributed by atoms with Crippen LogP contribution in [0, 0.1) is 0 Å². The molecule has 0 spiro atoms. The molecule has 8 heteroatoms. The Balaban J connectivity index is 1.41. The third kappa shape index (κ3) is 4.59. The van der Waals surface area contributed by atoms with Crippen LogP contribution in [0.5, 0.6) is 5.75 Å². The van der Waals surface area contributed by atoms with Gasteiger partial charge in [-0.05, 0) is 51.7 Å². The van der Waals surface area contributed by atoms with Gasteiger partial charge in [0.25, 0.3) is 5.91 Å². The highest BCUT2D eigenvalue weighted by Crippen LogP contribution is 2.24. The van der Waals surface area contributed by atoms with Crippen molar-refractivity contribution >= 4 is 5.91 Å². The predicted octanol–water partition coefficient (Wildman–Crippen LogP) is 1.34. The van der Waals surface area contributed by atoms with Crippen LogP contribution in [0.25, 0.3) is 0 Å². The van der Waals surface area contributed by atoms with Crippen LogP contribution in [0.1, 0.15) is 40.9 Å². The van der Waals surface area contributed by atoms with Gasteiger partial charge in [-0.2, -0.15) is 0 Å². The third-order valence-electron chi connectivity index (χ3n) is 5.60. The van der Waals surface area contributed by atoms with Gasteiger partial charge in [-0.15, -0.1) is 10.2 Å². The molecule has 4 rings (SSSR count). The molecule has 29 heavy (non-hydrogen) atoms. The maximum Gasteiger partial charge on any atom is 0.254 e. The van der Waals surface area contributed by atoms with Gasteiger partial charge in [0.1, 0.15) is 24.0 Å². The first-order valence-electron chi connectivity index (χ1n) is 10.4. The van der Waals surface area contributed by atoms with Crippen molar-refractivity contribution in [2.45, 2.75) is 31.8 Å². The number of rotatable bonds is 6. The van der Waals surface area contributed by atoms with E-state index in [9.17, 15) is 4.79 Å². The fourth-order valence-electron chi connectivity index (χ4n) is 3.96. The molecule has 1 amide bonds. The highest BCUT2D eigenvalue weighted by atomic mass is 16.5. The first kappa shape index (κ1) is 19.8. The summed E-state index contributed by atoms with van der Waals surface area (Å²) in [5.41, 5.74) is 0.669. The molecule has 1 N–H and O–H groups in total. The Morgan fingerprint density at radius 3 is 2.97 bits per heavy atom. The van der Waals surface area contributed by atoms with Crippen LogP contribution in [0.15, 0.2) is 24.3 Å². The van der Waals surface area contributed by atoms with Crippen molar-refractivity contribution in [3.63, 3.8) is 0 Å². The number of benzene rings is 1. The Morgan fingerprint density at radius 1 is 1.28 bits per heavy atom. The normalized spacial score (nSPS) is 19.3. The van der Waals surface area contributed by atoms with Gasteiger partial charge >= 0.3 is 0 Å². The average molecular weight is 399 g/mol.